The van der Waals surface area contributed by atoms with Crippen LogP contribution in [-0.4, -0.2) is 34.2 Å². The highest BCUT2D eigenvalue weighted by atomic mass is 16.8. The van der Waals surface area contributed by atoms with Crippen molar-refractivity contribution in [2.45, 2.75) is 0 Å². The Kier molecular flexibility index (Phi) is 2.84. The van der Waals surface area contributed by atoms with Gasteiger partial charge in [-0.15, -0.1) is 0 Å². The maximum Gasteiger partial charge on any atom is 0.422 e. The van der Waals surface area contributed by atoms with E-state index in [9.17, 15) is 14.8 Å². The molecule has 0 saturated heterocycles. The Balaban J connectivity index is 2.88. The minimum absolute atomic E-state index is 0.0689. The third-order valence-electron chi connectivity index (χ3n) is 2.39. The molecule has 0 aliphatic heterocycles. The SMILES string of the molecule is COc1nccc2c(O)c([N+](=O)OC)c(=O)[nH]c12. The minimum atomic E-state index is -0.803. The fraction of sp³-hybridized carbons (Fsp3) is 0.200. The van der Waals surface area contributed by atoms with E-state index in [4.69, 9.17) is 4.74 Å². The number of hydrogen-bond acceptors (Lipinski definition) is 6. The molecule has 0 radical (unpaired) electrons. The number of hydrogen-bond donors (Lipinski definition) is 2. The van der Waals surface area contributed by atoms with Crippen LogP contribution in [0.25, 0.3) is 10.9 Å². The van der Waals surface area contributed by atoms with Gasteiger partial charge in [-0.1, -0.05) is 0 Å². The first kappa shape index (κ1) is 11.8. The number of rotatable bonds is 3. The van der Waals surface area contributed by atoms with Crippen LogP contribution >= 0.6 is 0 Å². The maximum absolute atomic E-state index is 11.7. The molecule has 2 rings (SSSR count). The fourth-order valence-corrected chi connectivity index (χ4v) is 1.58. The predicted molar refractivity (Wildman–Crippen MR) is 60.9 cm³/mol. The quantitative estimate of drug-likeness (QED) is 0.775. The van der Waals surface area contributed by atoms with Crippen LogP contribution in [0, 0.1) is 4.91 Å². The molecular weight excluding hydrogens is 242 g/mol. The highest BCUT2D eigenvalue weighted by Crippen LogP contribution is 2.32. The Labute approximate surface area is 100 Å². The van der Waals surface area contributed by atoms with Crippen molar-refractivity contribution in [1.82, 2.24) is 9.97 Å². The summed E-state index contributed by atoms with van der Waals surface area (Å²) in [5, 5.41) is 10.2. The second kappa shape index (κ2) is 4.32. The highest BCUT2D eigenvalue weighted by molar-refractivity contribution is 5.90. The summed E-state index contributed by atoms with van der Waals surface area (Å²) in [7, 11) is 2.46. The second-order valence-electron chi connectivity index (χ2n) is 3.33. The van der Waals surface area contributed by atoms with Crippen LogP contribution in [0.15, 0.2) is 17.1 Å². The van der Waals surface area contributed by atoms with E-state index in [0.717, 1.165) is 7.11 Å². The normalized spacial score (nSPS) is 10.3. The zero-order chi connectivity index (χ0) is 13.3. The van der Waals surface area contributed by atoms with Crippen LogP contribution in [0.5, 0.6) is 11.6 Å². The number of ether oxygens (including phenoxy) is 1. The number of nitrogens with zero attached hydrogens (tertiary/aromatic N) is 2. The third kappa shape index (κ3) is 1.63. The van der Waals surface area contributed by atoms with Gasteiger partial charge in [0.1, 0.15) is 5.52 Å². The number of methoxy groups -OCH3 is 1. The van der Waals surface area contributed by atoms with Crippen molar-refractivity contribution in [2.75, 3.05) is 14.2 Å². The van der Waals surface area contributed by atoms with Crippen LogP contribution < -0.4 is 10.3 Å². The van der Waals surface area contributed by atoms with Crippen molar-refractivity contribution in [3.8, 4) is 11.6 Å². The number of aromatic nitrogens is 2. The lowest BCUT2D eigenvalue weighted by molar-refractivity contribution is -0.737. The second-order valence-corrected chi connectivity index (χ2v) is 3.33. The monoisotopic (exact) mass is 252 g/mol. The topological polar surface area (TPSA) is 105 Å². The Hall–Kier alpha value is -2.64. The Morgan fingerprint density at radius 3 is 2.78 bits per heavy atom. The largest absolute Gasteiger partial charge is 0.501 e. The van der Waals surface area contributed by atoms with Gasteiger partial charge < -0.3 is 14.8 Å². The van der Waals surface area contributed by atoms with Crippen molar-refractivity contribution in [2.24, 2.45) is 0 Å². The summed E-state index contributed by atoms with van der Waals surface area (Å²) in [5.74, 6) is -0.354. The van der Waals surface area contributed by atoms with E-state index in [1.54, 1.807) is 0 Å². The van der Waals surface area contributed by atoms with E-state index in [2.05, 4.69) is 14.8 Å². The molecule has 0 atom stereocenters. The number of aromatic hydroxyl groups is 1. The molecule has 0 fully saturated rings. The van der Waals surface area contributed by atoms with Crippen molar-refractivity contribution in [3.63, 3.8) is 0 Å². The smallest absolute Gasteiger partial charge is 0.422 e. The van der Waals surface area contributed by atoms with Crippen molar-refractivity contribution in [1.29, 1.82) is 0 Å². The molecule has 0 unspecified atom stereocenters. The van der Waals surface area contributed by atoms with Crippen molar-refractivity contribution < 1.29 is 19.6 Å². The average molecular weight is 252 g/mol. The number of nitrogens with one attached hydrogen (secondary N) is 1. The van der Waals surface area contributed by atoms with Gasteiger partial charge in [0.15, 0.2) is 7.11 Å². The molecule has 2 N–H and O–H groups in total. The average Bonchev–Trinajstić information content (AvgIpc) is 2.37. The van der Waals surface area contributed by atoms with Crippen LogP contribution in [0.2, 0.25) is 0 Å². The number of fused-ring (bicyclic) bond motifs is 1. The standard InChI is InChI=1S/C10H9N3O5/c1-17-10-6-5(3-4-11-10)8(14)7(9(15)12-6)13(16)18-2/h3-4H,1-2H3,(H-,12,14,15,16)/p+1. The zero-order valence-corrected chi connectivity index (χ0v) is 9.63. The molecule has 0 amide bonds. The predicted octanol–water partition coefficient (Wildman–Crippen LogP) is 0.609. The summed E-state index contributed by atoms with van der Waals surface area (Å²) in [5.41, 5.74) is -1.13. The van der Waals surface area contributed by atoms with Crippen LogP contribution in [0.4, 0.5) is 5.69 Å². The molecule has 2 heterocycles. The van der Waals surface area contributed by atoms with Gasteiger partial charge in [0, 0.05) is 6.20 Å². The Morgan fingerprint density at radius 2 is 2.17 bits per heavy atom. The summed E-state index contributed by atoms with van der Waals surface area (Å²) in [6, 6.07) is 1.44. The van der Waals surface area contributed by atoms with E-state index in [1.807, 2.05) is 0 Å². The lowest BCUT2D eigenvalue weighted by Gasteiger charge is -2.04. The van der Waals surface area contributed by atoms with Gasteiger partial charge in [0.05, 0.1) is 17.4 Å². The molecular formula is C10H10N3O5+. The van der Waals surface area contributed by atoms with E-state index in [0.29, 0.717) is 0 Å². The maximum atomic E-state index is 11.7. The molecule has 2 aromatic heterocycles. The van der Waals surface area contributed by atoms with Crippen LogP contribution in [0.3, 0.4) is 0 Å². The van der Waals surface area contributed by atoms with Gasteiger partial charge in [-0.2, -0.15) is 0 Å². The van der Waals surface area contributed by atoms with Crippen LogP contribution in [-0.2, 0) is 4.84 Å². The molecule has 0 aliphatic rings. The molecule has 0 saturated carbocycles. The highest BCUT2D eigenvalue weighted by Gasteiger charge is 2.29. The summed E-state index contributed by atoms with van der Waals surface area (Å²) in [6.07, 6.45) is 1.38. The lowest BCUT2D eigenvalue weighted by atomic mass is 10.2. The Bertz CT molecular complexity index is 679. The molecule has 0 spiro atoms. The molecule has 0 bridgehead atoms. The van der Waals surface area contributed by atoms with Gasteiger partial charge in [-0.25, -0.2) is 9.82 Å². The first-order valence-electron chi connectivity index (χ1n) is 4.89. The molecule has 94 valence electrons. The van der Waals surface area contributed by atoms with Crippen LogP contribution in [0.1, 0.15) is 0 Å². The lowest BCUT2D eigenvalue weighted by Crippen LogP contribution is -2.15. The molecule has 18 heavy (non-hydrogen) atoms. The summed E-state index contributed by atoms with van der Waals surface area (Å²) >= 11 is 0. The summed E-state index contributed by atoms with van der Waals surface area (Å²) in [4.78, 5) is 33.6. The summed E-state index contributed by atoms with van der Waals surface area (Å²) < 4.78 is 4.95. The molecule has 0 aliphatic carbocycles. The molecule has 2 aromatic rings. The molecule has 8 heteroatoms. The first-order chi connectivity index (χ1) is 8.60. The van der Waals surface area contributed by atoms with E-state index >= 15 is 0 Å². The molecule has 0 aromatic carbocycles. The van der Waals surface area contributed by atoms with E-state index < -0.39 is 17.0 Å². The minimum Gasteiger partial charge on any atom is -0.501 e. The van der Waals surface area contributed by atoms with Gasteiger partial charge in [-0.3, -0.25) is 4.79 Å². The zero-order valence-electron chi connectivity index (χ0n) is 9.63. The van der Waals surface area contributed by atoms with Gasteiger partial charge >= 0.3 is 11.2 Å². The van der Waals surface area contributed by atoms with Gasteiger partial charge in [0.2, 0.25) is 11.6 Å². The van der Waals surface area contributed by atoms with Gasteiger partial charge in [0.25, 0.3) is 4.92 Å². The number of pyridine rings is 2. The molecule has 8 nitrogen and oxygen atoms in total. The summed E-state index contributed by atoms with van der Waals surface area (Å²) in [6.45, 7) is 0. The van der Waals surface area contributed by atoms with Gasteiger partial charge in [-0.05, 0) is 6.07 Å². The number of aromatic amines is 1. The fourth-order valence-electron chi connectivity index (χ4n) is 1.58. The third-order valence-corrected chi connectivity index (χ3v) is 2.39. The Morgan fingerprint density at radius 1 is 1.44 bits per heavy atom. The number of H-pyrrole nitrogens is 1. The van der Waals surface area contributed by atoms with E-state index in [1.165, 1.54) is 19.4 Å². The van der Waals surface area contributed by atoms with Crippen molar-refractivity contribution >= 4 is 16.6 Å². The van der Waals surface area contributed by atoms with E-state index in [-0.39, 0.29) is 21.7 Å². The van der Waals surface area contributed by atoms with Crippen molar-refractivity contribution in [3.05, 3.63) is 27.5 Å². The first-order valence-corrected chi connectivity index (χ1v) is 4.89.